The van der Waals surface area contributed by atoms with Gasteiger partial charge in [0.15, 0.2) is 0 Å². The maximum absolute atomic E-state index is 11.6. The van der Waals surface area contributed by atoms with E-state index in [2.05, 4.69) is 6.92 Å². The molecular formula is C11H23NO2S. The van der Waals surface area contributed by atoms with Crippen molar-refractivity contribution in [1.82, 2.24) is 0 Å². The van der Waals surface area contributed by atoms with E-state index >= 15 is 0 Å². The van der Waals surface area contributed by atoms with E-state index in [0.29, 0.717) is 12.5 Å². The fourth-order valence-corrected chi connectivity index (χ4v) is 1.77. The van der Waals surface area contributed by atoms with E-state index in [1.54, 1.807) is 11.8 Å². The Morgan fingerprint density at radius 3 is 2.33 bits per heavy atom. The predicted octanol–water partition coefficient (Wildman–Crippen LogP) is 2.04. The summed E-state index contributed by atoms with van der Waals surface area (Å²) in [5, 5.41) is -0.113. The first-order valence-electron chi connectivity index (χ1n) is 5.30. The Balaban J connectivity index is 3.90. The number of nitrogens with two attached hydrogens (primary N) is 1. The van der Waals surface area contributed by atoms with Crippen molar-refractivity contribution in [2.45, 2.75) is 45.5 Å². The largest absolute Gasteiger partial charge is 0.459 e. The zero-order valence-corrected chi connectivity index (χ0v) is 11.2. The third kappa shape index (κ3) is 7.68. The smallest absolute Gasteiger partial charge is 0.319 e. The van der Waals surface area contributed by atoms with E-state index in [0.717, 1.165) is 5.75 Å². The molecule has 0 aliphatic heterocycles. The quantitative estimate of drug-likeness (QED) is 0.738. The molecule has 0 bridgehead atoms. The lowest BCUT2D eigenvalue weighted by molar-refractivity contribution is -0.153. The van der Waals surface area contributed by atoms with Crippen LogP contribution in [0.1, 0.15) is 34.6 Å². The molecule has 0 fully saturated rings. The fraction of sp³-hybridized carbons (Fsp3) is 0.909. The molecule has 0 aliphatic rings. The Hall–Kier alpha value is -0.220. The number of carbonyl (C=O) groups is 1. The van der Waals surface area contributed by atoms with Crippen LogP contribution in [-0.4, -0.2) is 29.1 Å². The SMILES string of the molecule is CC(CN)CSC(C)C(=O)OC(C)(C)C. The van der Waals surface area contributed by atoms with E-state index in [1.807, 2.05) is 27.7 Å². The summed E-state index contributed by atoms with van der Waals surface area (Å²) in [4.78, 5) is 11.6. The number of esters is 1. The number of carbonyl (C=O) groups excluding carboxylic acids is 1. The van der Waals surface area contributed by atoms with Crippen LogP contribution >= 0.6 is 11.8 Å². The monoisotopic (exact) mass is 233 g/mol. The highest BCUT2D eigenvalue weighted by Crippen LogP contribution is 2.18. The van der Waals surface area contributed by atoms with Gasteiger partial charge in [0, 0.05) is 0 Å². The van der Waals surface area contributed by atoms with Crippen molar-refractivity contribution in [3.63, 3.8) is 0 Å². The topological polar surface area (TPSA) is 52.3 Å². The van der Waals surface area contributed by atoms with Gasteiger partial charge in [0.05, 0.1) is 5.25 Å². The van der Waals surface area contributed by atoms with Gasteiger partial charge in [-0.1, -0.05) is 6.92 Å². The Morgan fingerprint density at radius 2 is 1.93 bits per heavy atom. The first kappa shape index (κ1) is 14.8. The van der Waals surface area contributed by atoms with E-state index < -0.39 is 5.60 Å². The van der Waals surface area contributed by atoms with Crippen LogP contribution in [0.4, 0.5) is 0 Å². The standard InChI is InChI=1S/C11H23NO2S/c1-8(6-12)7-15-9(2)10(13)14-11(3,4)5/h8-9H,6-7,12H2,1-5H3. The molecule has 3 nitrogen and oxygen atoms in total. The van der Waals surface area contributed by atoms with Gasteiger partial charge in [-0.25, -0.2) is 0 Å². The second-order valence-corrected chi connectivity index (χ2v) is 6.22. The third-order valence-electron chi connectivity index (χ3n) is 1.77. The molecule has 4 heteroatoms. The molecule has 0 saturated carbocycles. The highest BCUT2D eigenvalue weighted by Gasteiger charge is 2.22. The Labute approximate surface area is 97.1 Å². The van der Waals surface area contributed by atoms with Crippen LogP contribution in [0.3, 0.4) is 0 Å². The molecule has 0 aliphatic carbocycles. The minimum Gasteiger partial charge on any atom is -0.459 e. The van der Waals surface area contributed by atoms with Gasteiger partial charge in [-0.15, -0.1) is 11.8 Å². The van der Waals surface area contributed by atoms with Gasteiger partial charge in [-0.2, -0.15) is 0 Å². The summed E-state index contributed by atoms with van der Waals surface area (Å²) in [6.45, 7) is 10.3. The number of ether oxygens (including phenoxy) is 1. The van der Waals surface area contributed by atoms with Crippen molar-refractivity contribution in [3.8, 4) is 0 Å². The zero-order chi connectivity index (χ0) is 12.1. The molecule has 90 valence electrons. The fourth-order valence-electron chi connectivity index (χ4n) is 0.829. The third-order valence-corrected chi connectivity index (χ3v) is 3.23. The average molecular weight is 233 g/mol. The lowest BCUT2D eigenvalue weighted by atomic mass is 10.2. The van der Waals surface area contributed by atoms with Gasteiger partial charge in [0.2, 0.25) is 0 Å². The lowest BCUT2D eigenvalue weighted by Gasteiger charge is -2.22. The normalized spacial score (nSPS) is 15.9. The van der Waals surface area contributed by atoms with Gasteiger partial charge in [-0.3, -0.25) is 4.79 Å². The Morgan fingerprint density at radius 1 is 1.40 bits per heavy atom. The van der Waals surface area contributed by atoms with Crippen LogP contribution in [-0.2, 0) is 9.53 Å². The highest BCUT2D eigenvalue weighted by atomic mass is 32.2. The molecule has 2 N–H and O–H groups in total. The summed E-state index contributed by atoms with van der Waals surface area (Å²) in [6.07, 6.45) is 0. The van der Waals surface area contributed by atoms with Crippen molar-refractivity contribution in [2.24, 2.45) is 11.7 Å². The number of rotatable bonds is 5. The lowest BCUT2D eigenvalue weighted by Crippen LogP contribution is -2.29. The van der Waals surface area contributed by atoms with Crippen molar-refractivity contribution < 1.29 is 9.53 Å². The van der Waals surface area contributed by atoms with Gasteiger partial charge >= 0.3 is 5.97 Å². The highest BCUT2D eigenvalue weighted by molar-refractivity contribution is 8.00. The van der Waals surface area contributed by atoms with Crippen LogP contribution in [0.2, 0.25) is 0 Å². The molecule has 0 aromatic heterocycles. The van der Waals surface area contributed by atoms with Gasteiger partial charge < -0.3 is 10.5 Å². The molecule has 0 aromatic carbocycles. The summed E-state index contributed by atoms with van der Waals surface area (Å²) in [5.74, 6) is 1.20. The molecule has 2 atom stereocenters. The van der Waals surface area contributed by atoms with Crippen LogP contribution in [0.5, 0.6) is 0 Å². The molecule has 0 spiro atoms. The molecule has 0 amide bonds. The summed E-state index contributed by atoms with van der Waals surface area (Å²) < 4.78 is 5.27. The number of hydrogen-bond donors (Lipinski definition) is 1. The average Bonchev–Trinajstić information content (AvgIpc) is 2.10. The Bertz CT molecular complexity index is 201. The van der Waals surface area contributed by atoms with Crippen LogP contribution in [0.25, 0.3) is 0 Å². The molecule has 0 aromatic rings. The van der Waals surface area contributed by atoms with Crippen LogP contribution < -0.4 is 5.73 Å². The van der Waals surface area contributed by atoms with E-state index in [4.69, 9.17) is 10.5 Å². The van der Waals surface area contributed by atoms with Crippen molar-refractivity contribution in [1.29, 1.82) is 0 Å². The molecule has 0 saturated heterocycles. The Kier molecular flexibility index (Phi) is 6.29. The predicted molar refractivity (Wildman–Crippen MR) is 66.0 cm³/mol. The number of thioether (sulfide) groups is 1. The molecule has 15 heavy (non-hydrogen) atoms. The minimum atomic E-state index is -0.397. The summed E-state index contributed by atoms with van der Waals surface area (Å²) in [7, 11) is 0. The van der Waals surface area contributed by atoms with Gasteiger partial charge in [0.25, 0.3) is 0 Å². The van der Waals surface area contributed by atoms with Crippen molar-refractivity contribution in [2.75, 3.05) is 12.3 Å². The van der Waals surface area contributed by atoms with Gasteiger partial charge in [0.1, 0.15) is 5.60 Å². The maximum atomic E-state index is 11.6. The molecule has 0 radical (unpaired) electrons. The molecule has 0 heterocycles. The van der Waals surface area contributed by atoms with Crippen LogP contribution in [0.15, 0.2) is 0 Å². The van der Waals surface area contributed by atoms with Crippen molar-refractivity contribution in [3.05, 3.63) is 0 Å². The summed E-state index contributed by atoms with van der Waals surface area (Å²) in [5.41, 5.74) is 5.11. The number of hydrogen-bond acceptors (Lipinski definition) is 4. The van der Waals surface area contributed by atoms with E-state index in [9.17, 15) is 4.79 Å². The first-order valence-corrected chi connectivity index (χ1v) is 6.35. The maximum Gasteiger partial charge on any atom is 0.319 e. The molecule has 0 rings (SSSR count). The zero-order valence-electron chi connectivity index (χ0n) is 10.4. The van der Waals surface area contributed by atoms with E-state index in [-0.39, 0.29) is 11.2 Å². The summed E-state index contributed by atoms with van der Waals surface area (Å²) in [6, 6.07) is 0. The molecule has 2 unspecified atom stereocenters. The first-order chi connectivity index (χ1) is 6.76. The van der Waals surface area contributed by atoms with Crippen LogP contribution in [0, 0.1) is 5.92 Å². The van der Waals surface area contributed by atoms with Gasteiger partial charge in [-0.05, 0) is 45.9 Å². The second kappa shape index (κ2) is 6.38. The summed E-state index contributed by atoms with van der Waals surface area (Å²) >= 11 is 1.60. The molecular weight excluding hydrogens is 210 g/mol. The minimum absolute atomic E-state index is 0.113. The van der Waals surface area contributed by atoms with E-state index in [1.165, 1.54) is 0 Å². The second-order valence-electron chi connectivity index (χ2n) is 4.85. The van der Waals surface area contributed by atoms with Crippen molar-refractivity contribution >= 4 is 17.7 Å².